The molecule has 4 nitrogen and oxygen atoms in total. The van der Waals surface area contributed by atoms with Gasteiger partial charge in [0.25, 0.3) is 0 Å². The molecule has 10 heavy (non-hydrogen) atoms. The average Bonchev–Trinajstić information content (AvgIpc) is 2.18. The van der Waals surface area contributed by atoms with Crippen LogP contribution >= 0.6 is 0 Å². The predicted molar refractivity (Wildman–Crippen MR) is 35.3 cm³/mol. The standard InChI is InChI=1S/C6H13NO3/c7-4-1-2-5(9)6(4,10)3-8/h4-5,8-10H,1-3,7H2. The van der Waals surface area contributed by atoms with Crippen LogP contribution in [0.25, 0.3) is 0 Å². The Morgan fingerprint density at radius 1 is 1.50 bits per heavy atom. The van der Waals surface area contributed by atoms with E-state index in [9.17, 15) is 5.11 Å². The fraction of sp³-hybridized carbons (Fsp3) is 1.00. The third-order valence-electron chi connectivity index (χ3n) is 2.22. The van der Waals surface area contributed by atoms with Crippen LogP contribution < -0.4 is 5.73 Å². The second-order valence-corrected chi connectivity index (χ2v) is 2.85. The highest BCUT2D eigenvalue weighted by atomic mass is 16.4. The van der Waals surface area contributed by atoms with Crippen molar-refractivity contribution in [2.75, 3.05) is 6.61 Å². The molecule has 1 fully saturated rings. The van der Waals surface area contributed by atoms with Crippen LogP contribution in [-0.2, 0) is 0 Å². The van der Waals surface area contributed by atoms with Gasteiger partial charge in [-0.15, -0.1) is 0 Å². The molecule has 0 bridgehead atoms. The number of hydrogen-bond donors (Lipinski definition) is 4. The molecule has 1 saturated carbocycles. The summed E-state index contributed by atoms with van der Waals surface area (Å²) < 4.78 is 0. The zero-order valence-electron chi connectivity index (χ0n) is 5.70. The third-order valence-corrected chi connectivity index (χ3v) is 2.22. The highest BCUT2D eigenvalue weighted by Gasteiger charge is 2.46. The lowest BCUT2D eigenvalue weighted by Crippen LogP contribution is -2.53. The van der Waals surface area contributed by atoms with Gasteiger partial charge in [0.15, 0.2) is 0 Å². The molecule has 0 aromatic heterocycles. The van der Waals surface area contributed by atoms with E-state index in [-0.39, 0.29) is 0 Å². The van der Waals surface area contributed by atoms with Crippen LogP contribution in [0.4, 0.5) is 0 Å². The fourth-order valence-corrected chi connectivity index (χ4v) is 1.31. The van der Waals surface area contributed by atoms with E-state index in [0.717, 1.165) is 0 Å². The lowest BCUT2D eigenvalue weighted by atomic mass is 9.98. The molecule has 4 heteroatoms. The molecule has 5 N–H and O–H groups in total. The van der Waals surface area contributed by atoms with Gasteiger partial charge in [0.05, 0.1) is 12.7 Å². The van der Waals surface area contributed by atoms with Crippen LogP contribution in [0, 0.1) is 0 Å². The van der Waals surface area contributed by atoms with E-state index >= 15 is 0 Å². The Labute approximate surface area is 59.3 Å². The summed E-state index contributed by atoms with van der Waals surface area (Å²) in [6, 6.07) is -0.493. The van der Waals surface area contributed by atoms with Gasteiger partial charge in [-0.05, 0) is 12.8 Å². The first-order valence-corrected chi connectivity index (χ1v) is 3.38. The maximum absolute atomic E-state index is 9.41. The molecule has 0 spiro atoms. The summed E-state index contributed by atoms with van der Waals surface area (Å²) in [5.74, 6) is 0. The highest BCUT2D eigenvalue weighted by molar-refractivity contribution is 5.01. The molecule has 3 unspecified atom stereocenters. The summed E-state index contributed by atoms with van der Waals surface area (Å²) in [6.07, 6.45) is 0.170. The van der Waals surface area contributed by atoms with Crippen LogP contribution in [0.5, 0.6) is 0 Å². The fourth-order valence-electron chi connectivity index (χ4n) is 1.31. The van der Waals surface area contributed by atoms with Crippen molar-refractivity contribution in [3.05, 3.63) is 0 Å². The maximum Gasteiger partial charge on any atom is 0.128 e. The van der Waals surface area contributed by atoms with Gasteiger partial charge in [-0.1, -0.05) is 0 Å². The molecule has 1 rings (SSSR count). The number of hydrogen-bond acceptors (Lipinski definition) is 4. The lowest BCUT2D eigenvalue weighted by molar-refractivity contribution is -0.0934. The van der Waals surface area contributed by atoms with E-state index in [1.165, 1.54) is 0 Å². The lowest BCUT2D eigenvalue weighted by Gasteiger charge is -2.27. The van der Waals surface area contributed by atoms with E-state index in [1.807, 2.05) is 0 Å². The number of aliphatic hydroxyl groups is 3. The van der Waals surface area contributed by atoms with Crippen LogP contribution in [0.2, 0.25) is 0 Å². The average molecular weight is 147 g/mol. The molecule has 60 valence electrons. The first-order valence-electron chi connectivity index (χ1n) is 3.38. The van der Waals surface area contributed by atoms with Crippen molar-refractivity contribution in [2.45, 2.75) is 30.6 Å². The molecular formula is C6H13NO3. The monoisotopic (exact) mass is 147 g/mol. The van der Waals surface area contributed by atoms with Crippen molar-refractivity contribution < 1.29 is 15.3 Å². The van der Waals surface area contributed by atoms with Crippen molar-refractivity contribution in [3.8, 4) is 0 Å². The van der Waals surface area contributed by atoms with E-state index < -0.39 is 24.4 Å². The van der Waals surface area contributed by atoms with Gasteiger partial charge in [0.1, 0.15) is 5.60 Å². The molecule has 0 saturated heterocycles. The molecule has 0 amide bonds. The largest absolute Gasteiger partial charge is 0.393 e. The highest BCUT2D eigenvalue weighted by Crippen LogP contribution is 2.28. The molecule has 3 atom stereocenters. The zero-order valence-corrected chi connectivity index (χ0v) is 5.70. The topological polar surface area (TPSA) is 86.7 Å². The van der Waals surface area contributed by atoms with Crippen molar-refractivity contribution >= 4 is 0 Å². The second kappa shape index (κ2) is 2.47. The van der Waals surface area contributed by atoms with Crippen molar-refractivity contribution in [2.24, 2.45) is 5.73 Å². The normalized spacial score (nSPS) is 48.0. The number of aliphatic hydroxyl groups excluding tert-OH is 2. The Bertz CT molecular complexity index is 118. The van der Waals surface area contributed by atoms with Crippen LogP contribution in [0.1, 0.15) is 12.8 Å². The Morgan fingerprint density at radius 2 is 2.10 bits per heavy atom. The quantitative estimate of drug-likeness (QED) is 0.352. The van der Waals surface area contributed by atoms with Gasteiger partial charge >= 0.3 is 0 Å². The summed E-state index contributed by atoms with van der Waals surface area (Å²) in [5.41, 5.74) is 3.99. The molecule has 0 aliphatic heterocycles. The molecule has 1 aliphatic rings. The van der Waals surface area contributed by atoms with E-state index in [1.54, 1.807) is 0 Å². The summed E-state index contributed by atoms with van der Waals surface area (Å²) in [5, 5.41) is 27.2. The summed E-state index contributed by atoms with van der Waals surface area (Å²) in [6.45, 7) is -0.463. The second-order valence-electron chi connectivity index (χ2n) is 2.85. The minimum Gasteiger partial charge on any atom is -0.393 e. The first-order chi connectivity index (χ1) is 4.61. The molecular weight excluding hydrogens is 134 g/mol. The van der Waals surface area contributed by atoms with Crippen molar-refractivity contribution in [1.82, 2.24) is 0 Å². The van der Waals surface area contributed by atoms with Crippen LogP contribution in [-0.4, -0.2) is 39.7 Å². The Balaban J connectivity index is 2.70. The van der Waals surface area contributed by atoms with Gasteiger partial charge in [-0.25, -0.2) is 0 Å². The van der Waals surface area contributed by atoms with Crippen LogP contribution in [0.15, 0.2) is 0 Å². The van der Waals surface area contributed by atoms with Gasteiger partial charge in [0.2, 0.25) is 0 Å². The maximum atomic E-state index is 9.41. The smallest absolute Gasteiger partial charge is 0.128 e. The molecule has 0 radical (unpaired) electrons. The molecule has 0 heterocycles. The Kier molecular flexibility index (Phi) is 1.96. The van der Waals surface area contributed by atoms with Gasteiger partial charge in [-0.3, -0.25) is 0 Å². The predicted octanol–water partition coefficient (Wildman–Crippen LogP) is -1.81. The van der Waals surface area contributed by atoms with Crippen molar-refractivity contribution in [1.29, 1.82) is 0 Å². The first kappa shape index (κ1) is 7.94. The summed E-state index contributed by atoms with van der Waals surface area (Å²) in [7, 11) is 0. The summed E-state index contributed by atoms with van der Waals surface area (Å²) in [4.78, 5) is 0. The Hall–Kier alpha value is -0.160. The minimum absolute atomic E-state index is 0.463. The van der Waals surface area contributed by atoms with E-state index in [4.69, 9.17) is 15.9 Å². The van der Waals surface area contributed by atoms with Gasteiger partial charge in [-0.2, -0.15) is 0 Å². The van der Waals surface area contributed by atoms with Crippen molar-refractivity contribution in [3.63, 3.8) is 0 Å². The zero-order chi connectivity index (χ0) is 7.78. The molecule has 1 aliphatic carbocycles. The number of rotatable bonds is 1. The van der Waals surface area contributed by atoms with Crippen LogP contribution in [0.3, 0.4) is 0 Å². The minimum atomic E-state index is -1.46. The molecule has 0 aromatic rings. The molecule has 0 aromatic carbocycles. The van der Waals surface area contributed by atoms with E-state index in [0.29, 0.717) is 12.8 Å². The number of nitrogens with two attached hydrogens (primary N) is 1. The third kappa shape index (κ3) is 0.932. The van der Waals surface area contributed by atoms with Gasteiger partial charge in [0, 0.05) is 6.04 Å². The summed E-state index contributed by atoms with van der Waals surface area (Å²) >= 11 is 0. The SMILES string of the molecule is NC1CCC(O)C1(O)CO. The van der Waals surface area contributed by atoms with E-state index in [2.05, 4.69) is 0 Å². The Morgan fingerprint density at radius 3 is 2.30 bits per heavy atom. The van der Waals surface area contributed by atoms with Gasteiger partial charge < -0.3 is 21.1 Å².